The smallest absolute Gasteiger partial charge is 0.257 e. The summed E-state index contributed by atoms with van der Waals surface area (Å²) in [6.07, 6.45) is 6.37. The Labute approximate surface area is 173 Å². The normalized spacial score (nSPS) is 10.3. The molecule has 0 aliphatic rings. The van der Waals surface area contributed by atoms with Crippen LogP contribution >= 0.6 is 0 Å². The zero-order valence-corrected chi connectivity index (χ0v) is 16.2. The third-order valence-corrected chi connectivity index (χ3v) is 4.18. The second-order valence-electron chi connectivity index (χ2n) is 6.53. The number of hydrogen-bond donors (Lipinski definition) is 3. The summed E-state index contributed by atoms with van der Waals surface area (Å²) in [4.78, 5) is 28.9. The van der Waals surface area contributed by atoms with Gasteiger partial charge in [0.15, 0.2) is 0 Å². The highest BCUT2D eigenvalue weighted by molar-refractivity contribution is 6.04. The molecule has 0 unspecified atom stereocenters. The maximum atomic E-state index is 12.2. The van der Waals surface area contributed by atoms with E-state index < -0.39 is 0 Å². The van der Waals surface area contributed by atoms with E-state index in [1.165, 1.54) is 12.5 Å². The van der Waals surface area contributed by atoms with Gasteiger partial charge in [-0.15, -0.1) is 0 Å². The molecule has 4 aromatic rings. The Morgan fingerprint density at radius 1 is 0.800 bits per heavy atom. The molecule has 1 amide bonds. The highest BCUT2D eigenvalue weighted by Crippen LogP contribution is 2.20. The number of pyridine rings is 2. The standard InChI is InChI=1S/C22H19N7O/c1-15-8-10-24-19(11-15)29-21-12-20(25-14-26-21)27-17-4-6-18(7-5-17)28-22(30)16-3-2-9-23-13-16/h2-14H,1H3,(H,28,30)(H2,24,25,26,27,29). The number of amides is 1. The van der Waals surface area contributed by atoms with Gasteiger partial charge in [-0.1, -0.05) is 0 Å². The van der Waals surface area contributed by atoms with Crippen LogP contribution in [0.1, 0.15) is 15.9 Å². The van der Waals surface area contributed by atoms with E-state index in [0.29, 0.717) is 28.7 Å². The summed E-state index contributed by atoms with van der Waals surface area (Å²) in [6, 6.07) is 16.4. The number of benzene rings is 1. The minimum absolute atomic E-state index is 0.208. The van der Waals surface area contributed by atoms with Crippen molar-refractivity contribution in [3.63, 3.8) is 0 Å². The van der Waals surface area contributed by atoms with Gasteiger partial charge in [-0.3, -0.25) is 9.78 Å². The second-order valence-corrected chi connectivity index (χ2v) is 6.53. The van der Waals surface area contributed by atoms with Gasteiger partial charge in [-0.2, -0.15) is 0 Å². The summed E-state index contributed by atoms with van der Waals surface area (Å²) in [5.74, 6) is 1.77. The van der Waals surface area contributed by atoms with Crippen molar-refractivity contribution in [2.75, 3.05) is 16.0 Å². The quantitative estimate of drug-likeness (QED) is 0.445. The fourth-order valence-corrected chi connectivity index (χ4v) is 2.71. The molecule has 0 aliphatic carbocycles. The van der Waals surface area contributed by atoms with E-state index in [2.05, 4.69) is 35.9 Å². The van der Waals surface area contributed by atoms with E-state index in [9.17, 15) is 4.79 Å². The summed E-state index contributed by atoms with van der Waals surface area (Å²) in [7, 11) is 0. The molecule has 0 spiro atoms. The van der Waals surface area contributed by atoms with Gasteiger partial charge in [0.2, 0.25) is 0 Å². The summed E-state index contributed by atoms with van der Waals surface area (Å²) >= 11 is 0. The van der Waals surface area contributed by atoms with E-state index >= 15 is 0 Å². The Balaban J connectivity index is 1.40. The monoisotopic (exact) mass is 397 g/mol. The van der Waals surface area contributed by atoms with Crippen LogP contribution in [0.2, 0.25) is 0 Å². The van der Waals surface area contributed by atoms with Crippen molar-refractivity contribution in [3.05, 3.63) is 90.6 Å². The number of carbonyl (C=O) groups is 1. The Morgan fingerprint density at radius 2 is 1.53 bits per heavy atom. The minimum Gasteiger partial charge on any atom is -0.340 e. The van der Waals surface area contributed by atoms with Crippen molar-refractivity contribution in [2.24, 2.45) is 0 Å². The number of nitrogens with zero attached hydrogens (tertiary/aromatic N) is 4. The zero-order valence-electron chi connectivity index (χ0n) is 16.2. The highest BCUT2D eigenvalue weighted by Gasteiger charge is 2.06. The van der Waals surface area contributed by atoms with Gasteiger partial charge in [0.25, 0.3) is 5.91 Å². The Hall–Kier alpha value is -4.33. The molecule has 4 rings (SSSR count). The van der Waals surface area contributed by atoms with E-state index in [1.54, 1.807) is 30.6 Å². The zero-order chi connectivity index (χ0) is 20.8. The molecule has 1 aromatic carbocycles. The summed E-state index contributed by atoms with van der Waals surface area (Å²) < 4.78 is 0. The lowest BCUT2D eigenvalue weighted by Gasteiger charge is -2.10. The minimum atomic E-state index is -0.208. The molecule has 0 fully saturated rings. The van der Waals surface area contributed by atoms with Crippen LogP contribution in [-0.4, -0.2) is 25.8 Å². The largest absolute Gasteiger partial charge is 0.340 e. The predicted molar refractivity (Wildman–Crippen MR) is 116 cm³/mol. The topological polar surface area (TPSA) is 105 Å². The molecule has 0 aliphatic heterocycles. The van der Waals surface area contributed by atoms with Gasteiger partial charge in [0.05, 0.1) is 5.56 Å². The van der Waals surface area contributed by atoms with Gasteiger partial charge in [0, 0.05) is 36.0 Å². The average Bonchev–Trinajstić information content (AvgIpc) is 2.76. The van der Waals surface area contributed by atoms with Crippen molar-refractivity contribution in [3.8, 4) is 0 Å². The number of carbonyl (C=O) groups excluding carboxylic acids is 1. The SMILES string of the molecule is Cc1ccnc(Nc2cc(Nc3ccc(NC(=O)c4cccnc4)cc3)ncn2)c1. The molecule has 3 N–H and O–H groups in total. The number of anilines is 5. The number of nitrogens with one attached hydrogen (secondary N) is 3. The van der Waals surface area contributed by atoms with Crippen LogP contribution in [-0.2, 0) is 0 Å². The van der Waals surface area contributed by atoms with Gasteiger partial charge in [-0.05, 0) is 61.0 Å². The number of aryl methyl sites for hydroxylation is 1. The fraction of sp³-hybridized carbons (Fsp3) is 0.0455. The summed E-state index contributed by atoms with van der Waals surface area (Å²) in [5.41, 5.74) is 3.12. The van der Waals surface area contributed by atoms with E-state index in [1.807, 2.05) is 43.3 Å². The van der Waals surface area contributed by atoms with E-state index in [4.69, 9.17) is 0 Å². The fourth-order valence-electron chi connectivity index (χ4n) is 2.71. The highest BCUT2D eigenvalue weighted by atomic mass is 16.1. The Morgan fingerprint density at radius 3 is 2.27 bits per heavy atom. The molecule has 30 heavy (non-hydrogen) atoms. The predicted octanol–water partition coefficient (Wildman–Crippen LogP) is 4.31. The Kier molecular flexibility index (Phi) is 5.56. The van der Waals surface area contributed by atoms with Crippen molar-refractivity contribution in [2.45, 2.75) is 6.92 Å². The van der Waals surface area contributed by atoms with Gasteiger partial charge in [0.1, 0.15) is 23.8 Å². The number of aromatic nitrogens is 4. The lowest BCUT2D eigenvalue weighted by molar-refractivity contribution is 0.102. The molecule has 3 aromatic heterocycles. The van der Waals surface area contributed by atoms with Crippen LogP contribution in [0.5, 0.6) is 0 Å². The van der Waals surface area contributed by atoms with Crippen LogP contribution in [0.4, 0.5) is 28.8 Å². The molecular weight excluding hydrogens is 378 g/mol. The van der Waals surface area contributed by atoms with Crippen LogP contribution in [0.3, 0.4) is 0 Å². The van der Waals surface area contributed by atoms with Crippen LogP contribution in [0.25, 0.3) is 0 Å². The molecular formula is C22H19N7O. The molecule has 3 heterocycles. The van der Waals surface area contributed by atoms with Crippen LogP contribution < -0.4 is 16.0 Å². The third kappa shape index (κ3) is 4.93. The van der Waals surface area contributed by atoms with Crippen LogP contribution in [0.15, 0.2) is 79.5 Å². The van der Waals surface area contributed by atoms with Gasteiger partial charge in [-0.25, -0.2) is 15.0 Å². The molecule has 0 bridgehead atoms. The van der Waals surface area contributed by atoms with Crippen LogP contribution in [0, 0.1) is 6.92 Å². The third-order valence-electron chi connectivity index (χ3n) is 4.18. The maximum Gasteiger partial charge on any atom is 0.257 e. The first-order valence-corrected chi connectivity index (χ1v) is 9.26. The Bertz CT molecular complexity index is 1150. The molecule has 0 atom stereocenters. The first kappa shape index (κ1) is 19.0. The van der Waals surface area contributed by atoms with Crippen molar-refractivity contribution in [1.82, 2.24) is 19.9 Å². The molecule has 0 radical (unpaired) electrons. The van der Waals surface area contributed by atoms with Crippen molar-refractivity contribution < 1.29 is 4.79 Å². The van der Waals surface area contributed by atoms with Gasteiger partial charge >= 0.3 is 0 Å². The lowest BCUT2D eigenvalue weighted by Crippen LogP contribution is -2.11. The summed E-state index contributed by atoms with van der Waals surface area (Å²) in [6.45, 7) is 2.00. The number of rotatable bonds is 6. The molecule has 0 saturated heterocycles. The molecule has 0 saturated carbocycles. The van der Waals surface area contributed by atoms with Crippen molar-refractivity contribution in [1.29, 1.82) is 0 Å². The summed E-state index contributed by atoms with van der Waals surface area (Å²) in [5, 5.41) is 9.22. The average molecular weight is 397 g/mol. The van der Waals surface area contributed by atoms with E-state index in [0.717, 1.165) is 11.3 Å². The maximum absolute atomic E-state index is 12.2. The lowest BCUT2D eigenvalue weighted by atomic mass is 10.2. The molecule has 8 heteroatoms. The van der Waals surface area contributed by atoms with Crippen molar-refractivity contribution >= 4 is 34.7 Å². The van der Waals surface area contributed by atoms with E-state index in [-0.39, 0.29) is 5.91 Å². The molecule has 8 nitrogen and oxygen atoms in total. The second kappa shape index (κ2) is 8.78. The molecule has 148 valence electrons. The first-order valence-electron chi connectivity index (χ1n) is 9.26. The van der Waals surface area contributed by atoms with Gasteiger partial charge < -0.3 is 16.0 Å². The number of hydrogen-bond acceptors (Lipinski definition) is 7. The first-order chi connectivity index (χ1) is 14.7.